The lowest BCUT2D eigenvalue weighted by molar-refractivity contribution is -0.246. The van der Waals surface area contributed by atoms with E-state index in [1.165, 1.54) is 10.8 Å². The molecule has 2 fully saturated rings. The Labute approximate surface area is 119 Å². The highest BCUT2D eigenvalue weighted by Gasteiger charge is 2.49. The summed E-state index contributed by atoms with van der Waals surface area (Å²) in [6.07, 6.45) is -0.762. The van der Waals surface area contributed by atoms with Gasteiger partial charge >= 0.3 is 5.69 Å². The Morgan fingerprint density at radius 2 is 2.24 bits per heavy atom. The van der Waals surface area contributed by atoms with Crippen LogP contribution in [0.25, 0.3) is 0 Å². The van der Waals surface area contributed by atoms with Crippen molar-refractivity contribution in [1.29, 1.82) is 0 Å². The second-order valence-corrected chi connectivity index (χ2v) is 5.48. The lowest BCUT2D eigenvalue weighted by atomic mass is 9.89. The van der Waals surface area contributed by atoms with Crippen LogP contribution < -0.4 is 11.2 Å². The first-order chi connectivity index (χ1) is 10.0. The molecule has 5 atom stereocenters. The van der Waals surface area contributed by atoms with Gasteiger partial charge in [0.25, 0.3) is 5.56 Å². The number of aliphatic hydroxyl groups excluding tert-OH is 2. The van der Waals surface area contributed by atoms with Gasteiger partial charge in [-0.2, -0.15) is 0 Å². The molecule has 21 heavy (non-hydrogen) atoms. The first-order valence-corrected chi connectivity index (χ1v) is 6.91. The summed E-state index contributed by atoms with van der Waals surface area (Å²) in [5.41, 5.74) is -0.603. The first-order valence-electron chi connectivity index (χ1n) is 6.91. The Balaban J connectivity index is 2.04. The topological polar surface area (TPSA) is 114 Å². The number of nitrogens with zero attached hydrogens (tertiary/aromatic N) is 1. The van der Waals surface area contributed by atoms with E-state index in [0.717, 1.165) is 0 Å². The molecule has 1 aromatic rings. The minimum atomic E-state index is -1.03. The number of aryl methyl sites for hydroxylation is 1. The summed E-state index contributed by atoms with van der Waals surface area (Å²) >= 11 is 0. The van der Waals surface area contributed by atoms with Gasteiger partial charge in [-0.3, -0.25) is 14.3 Å². The Kier molecular flexibility index (Phi) is 3.70. The van der Waals surface area contributed by atoms with Crippen LogP contribution in [0.3, 0.4) is 0 Å². The first kappa shape index (κ1) is 14.5. The van der Waals surface area contributed by atoms with E-state index in [0.29, 0.717) is 18.6 Å². The number of fused-ring (bicyclic) bond motifs is 2. The van der Waals surface area contributed by atoms with Crippen LogP contribution in [0.15, 0.2) is 15.8 Å². The molecule has 2 saturated heterocycles. The highest BCUT2D eigenvalue weighted by molar-refractivity contribution is 5.06. The van der Waals surface area contributed by atoms with Crippen molar-refractivity contribution >= 4 is 0 Å². The quantitative estimate of drug-likeness (QED) is 0.599. The molecule has 0 amide bonds. The molecule has 3 rings (SSSR count). The molecule has 8 nitrogen and oxygen atoms in total. The standard InChI is InChI=1S/C13H18N2O6/c1-6-4-15(13(19)14-12(6)18)9-7-2-3-20-11(9)10(17)8(5-16)21-7/h4,7-11,16-17H,2-3,5H2,1H3,(H,14,18,19)/t7?,8-,9-,10?,11?/m1/s1. The van der Waals surface area contributed by atoms with Crippen molar-refractivity contribution in [3.05, 3.63) is 32.6 Å². The van der Waals surface area contributed by atoms with Gasteiger partial charge in [0.1, 0.15) is 18.3 Å². The fourth-order valence-corrected chi connectivity index (χ4v) is 3.06. The third kappa shape index (κ3) is 2.34. The Hall–Kier alpha value is -1.48. The predicted octanol–water partition coefficient (Wildman–Crippen LogP) is -1.70. The van der Waals surface area contributed by atoms with Gasteiger partial charge in [-0.05, 0) is 13.3 Å². The molecular formula is C13H18N2O6. The maximum absolute atomic E-state index is 12.0. The highest BCUT2D eigenvalue weighted by Crippen LogP contribution is 2.36. The number of aliphatic hydroxyl groups is 2. The molecule has 116 valence electrons. The van der Waals surface area contributed by atoms with Crippen LogP contribution in [0.5, 0.6) is 0 Å². The predicted molar refractivity (Wildman–Crippen MR) is 71.2 cm³/mol. The molecule has 3 heterocycles. The fourth-order valence-electron chi connectivity index (χ4n) is 3.06. The summed E-state index contributed by atoms with van der Waals surface area (Å²) in [7, 11) is 0. The molecule has 0 radical (unpaired) electrons. The van der Waals surface area contributed by atoms with Crippen LogP contribution in [0.4, 0.5) is 0 Å². The van der Waals surface area contributed by atoms with Crippen LogP contribution in [0, 0.1) is 6.92 Å². The zero-order chi connectivity index (χ0) is 15.1. The number of ether oxygens (including phenoxy) is 2. The van der Waals surface area contributed by atoms with Crippen molar-refractivity contribution in [2.75, 3.05) is 13.2 Å². The third-order valence-electron chi connectivity index (χ3n) is 4.14. The molecular weight excluding hydrogens is 280 g/mol. The van der Waals surface area contributed by atoms with E-state index < -0.39 is 35.6 Å². The second kappa shape index (κ2) is 5.38. The summed E-state index contributed by atoms with van der Waals surface area (Å²) < 4.78 is 12.6. The minimum Gasteiger partial charge on any atom is -0.394 e. The van der Waals surface area contributed by atoms with Gasteiger partial charge in [-0.25, -0.2) is 4.79 Å². The van der Waals surface area contributed by atoms with E-state index >= 15 is 0 Å². The van der Waals surface area contributed by atoms with Gasteiger partial charge < -0.3 is 19.7 Å². The van der Waals surface area contributed by atoms with E-state index in [1.807, 2.05) is 0 Å². The average Bonchev–Trinajstić information content (AvgIpc) is 2.46. The van der Waals surface area contributed by atoms with Crippen LogP contribution in [0.1, 0.15) is 18.0 Å². The number of hydrogen-bond donors (Lipinski definition) is 3. The van der Waals surface area contributed by atoms with Crippen molar-refractivity contribution in [2.45, 2.75) is 43.8 Å². The molecule has 0 aliphatic carbocycles. The van der Waals surface area contributed by atoms with Crippen molar-refractivity contribution in [2.24, 2.45) is 0 Å². The van der Waals surface area contributed by atoms with E-state index in [9.17, 15) is 19.8 Å². The summed E-state index contributed by atoms with van der Waals surface area (Å²) in [6.45, 7) is 1.70. The van der Waals surface area contributed by atoms with Crippen molar-refractivity contribution in [1.82, 2.24) is 9.55 Å². The number of aromatic amines is 1. The molecule has 8 heteroatoms. The zero-order valence-electron chi connectivity index (χ0n) is 11.6. The summed E-state index contributed by atoms with van der Waals surface area (Å²) in [6, 6.07) is -0.528. The van der Waals surface area contributed by atoms with Crippen LogP contribution in [0.2, 0.25) is 0 Å². The number of aromatic nitrogens is 2. The number of nitrogens with one attached hydrogen (secondary N) is 1. The van der Waals surface area contributed by atoms with Gasteiger partial charge in [0.2, 0.25) is 0 Å². The van der Waals surface area contributed by atoms with E-state index in [2.05, 4.69) is 4.98 Å². The Bertz CT molecular complexity index is 638. The second-order valence-electron chi connectivity index (χ2n) is 5.48. The number of rotatable bonds is 2. The molecule has 1 aromatic heterocycles. The summed E-state index contributed by atoms with van der Waals surface area (Å²) in [4.78, 5) is 25.8. The van der Waals surface area contributed by atoms with Gasteiger partial charge in [0.15, 0.2) is 0 Å². The van der Waals surface area contributed by atoms with E-state index in [1.54, 1.807) is 6.92 Å². The zero-order valence-corrected chi connectivity index (χ0v) is 11.6. The maximum Gasteiger partial charge on any atom is 0.328 e. The van der Waals surface area contributed by atoms with Crippen molar-refractivity contribution in [3.8, 4) is 0 Å². The third-order valence-corrected chi connectivity index (χ3v) is 4.14. The molecule has 0 spiro atoms. The van der Waals surface area contributed by atoms with Gasteiger partial charge in [-0.1, -0.05) is 0 Å². The van der Waals surface area contributed by atoms with Crippen LogP contribution >= 0.6 is 0 Å². The van der Waals surface area contributed by atoms with E-state index in [4.69, 9.17) is 9.47 Å². The molecule has 0 aromatic carbocycles. The molecule has 2 aliphatic heterocycles. The van der Waals surface area contributed by atoms with Crippen LogP contribution in [-0.4, -0.2) is 57.4 Å². The summed E-state index contributed by atoms with van der Waals surface area (Å²) in [5.74, 6) is 0. The van der Waals surface area contributed by atoms with Crippen LogP contribution in [-0.2, 0) is 9.47 Å². The number of hydrogen-bond acceptors (Lipinski definition) is 6. The van der Waals surface area contributed by atoms with Crippen molar-refractivity contribution in [3.63, 3.8) is 0 Å². The van der Waals surface area contributed by atoms with E-state index in [-0.39, 0.29) is 12.7 Å². The molecule has 0 saturated carbocycles. The van der Waals surface area contributed by atoms with Gasteiger partial charge in [0, 0.05) is 18.4 Å². The monoisotopic (exact) mass is 298 g/mol. The Morgan fingerprint density at radius 3 is 2.95 bits per heavy atom. The van der Waals surface area contributed by atoms with Crippen molar-refractivity contribution < 1.29 is 19.7 Å². The average molecular weight is 298 g/mol. The van der Waals surface area contributed by atoms with Gasteiger partial charge in [0.05, 0.1) is 18.8 Å². The largest absolute Gasteiger partial charge is 0.394 e. The Morgan fingerprint density at radius 1 is 1.48 bits per heavy atom. The smallest absolute Gasteiger partial charge is 0.328 e. The number of H-pyrrole nitrogens is 1. The minimum absolute atomic E-state index is 0.316. The molecule has 3 unspecified atom stereocenters. The normalized spacial score (nSPS) is 35.7. The summed E-state index contributed by atoms with van der Waals surface area (Å²) in [5, 5.41) is 19.5. The lowest BCUT2D eigenvalue weighted by Gasteiger charge is -2.48. The molecule has 2 bridgehead atoms. The highest BCUT2D eigenvalue weighted by atomic mass is 16.6. The maximum atomic E-state index is 12.0. The molecule has 3 N–H and O–H groups in total. The molecule has 2 aliphatic rings. The fraction of sp³-hybridized carbons (Fsp3) is 0.692. The lowest BCUT2D eigenvalue weighted by Crippen LogP contribution is -2.61. The SMILES string of the molecule is Cc1cn([C@@H]2C3CCOC2C(O)[C@@H](CO)O3)c(=O)[nH]c1=O. The van der Waals surface area contributed by atoms with Gasteiger partial charge in [-0.15, -0.1) is 0 Å².